The second-order valence-electron chi connectivity index (χ2n) is 6.95. The van der Waals surface area contributed by atoms with Crippen LogP contribution in [0, 0.1) is 11.8 Å². The molecular weight excluding hydrogens is 250 g/mol. The van der Waals surface area contributed by atoms with Crippen LogP contribution in [0.25, 0.3) is 0 Å². The van der Waals surface area contributed by atoms with Crippen molar-refractivity contribution in [1.82, 2.24) is 15.1 Å². The zero-order chi connectivity index (χ0) is 14.7. The highest BCUT2D eigenvalue weighted by molar-refractivity contribution is 5.78. The number of hydrogen-bond donors (Lipinski definition) is 1. The van der Waals surface area contributed by atoms with Gasteiger partial charge in [-0.15, -0.1) is 0 Å². The van der Waals surface area contributed by atoms with E-state index in [2.05, 4.69) is 35.9 Å². The fourth-order valence-corrected chi connectivity index (χ4v) is 3.41. The van der Waals surface area contributed by atoms with Crippen molar-refractivity contribution in [2.24, 2.45) is 11.8 Å². The molecule has 2 unspecified atom stereocenters. The number of likely N-dealkylation sites (N-methyl/N-ethyl adjacent to an activating group) is 1. The maximum atomic E-state index is 12.0. The van der Waals surface area contributed by atoms with E-state index in [0.29, 0.717) is 29.8 Å². The lowest BCUT2D eigenvalue weighted by atomic mass is 9.95. The van der Waals surface area contributed by atoms with Gasteiger partial charge in [0.2, 0.25) is 5.91 Å². The Morgan fingerprint density at radius 3 is 2.60 bits per heavy atom. The molecule has 0 saturated carbocycles. The average Bonchev–Trinajstić information content (AvgIpc) is 3.02. The normalized spacial score (nSPS) is 29.6. The predicted molar refractivity (Wildman–Crippen MR) is 82.6 cm³/mol. The van der Waals surface area contributed by atoms with Crippen LogP contribution in [0.2, 0.25) is 0 Å². The summed E-state index contributed by atoms with van der Waals surface area (Å²) in [6.07, 6.45) is 3.11. The Kier molecular flexibility index (Phi) is 5.44. The summed E-state index contributed by atoms with van der Waals surface area (Å²) in [5, 5.41) is 3.37. The number of nitrogens with zero attached hydrogens (tertiary/aromatic N) is 2. The van der Waals surface area contributed by atoms with E-state index >= 15 is 0 Å². The summed E-state index contributed by atoms with van der Waals surface area (Å²) in [6.45, 7) is 11.0. The quantitative estimate of drug-likeness (QED) is 0.802. The highest BCUT2D eigenvalue weighted by Gasteiger charge is 2.32. The van der Waals surface area contributed by atoms with Crippen LogP contribution in [0.4, 0.5) is 0 Å². The molecule has 1 N–H and O–H groups in total. The van der Waals surface area contributed by atoms with Crippen LogP contribution in [0.1, 0.15) is 40.0 Å². The van der Waals surface area contributed by atoms with Crippen molar-refractivity contribution in [3.8, 4) is 0 Å². The first-order chi connectivity index (χ1) is 9.51. The van der Waals surface area contributed by atoms with Crippen LogP contribution >= 0.6 is 0 Å². The summed E-state index contributed by atoms with van der Waals surface area (Å²) in [7, 11) is 2.05. The van der Waals surface area contributed by atoms with E-state index in [1.807, 2.05) is 7.05 Å². The van der Waals surface area contributed by atoms with E-state index < -0.39 is 0 Å². The van der Waals surface area contributed by atoms with Gasteiger partial charge in [0.25, 0.3) is 0 Å². The van der Waals surface area contributed by atoms with E-state index in [4.69, 9.17) is 0 Å². The molecule has 4 nitrogen and oxygen atoms in total. The number of nitrogens with one attached hydrogen (secondary N) is 1. The number of likely N-dealkylation sites (tertiary alicyclic amines) is 2. The summed E-state index contributed by atoms with van der Waals surface area (Å²) in [6, 6.07) is 1.23. The van der Waals surface area contributed by atoms with Crippen LogP contribution in [0.15, 0.2) is 0 Å². The van der Waals surface area contributed by atoms with Crippen LogP contribution in [-0.4, -0.2) is 61.0 Å². The van der Waals surface area contributed by atoms with Gasteiger partial charge in [-0.25, -0.2) is 0 Å². The Balaban J connectivity index is 1.74. The van der Waals surface area contributed by atoms with E-state index in [0.717, 1.165) is 32.5 Å². The molecule has 0 aromatic rings. The van der Waals surface area contributed by atoms with E-state index in [-0.39, 0.29) is 0 Å². The van der Waals surface area contributed by atoms with E-state index in [9.17, 15) is 4.79 Å². The molecular formula is C16H31N3O. The van der Waals surface area contributed by atoms with Gasteiger partial charge in [-0.3, -0.25) is 9.69 Å². The molecule has 0 aliphatic carbocycles. The first-order valence-electron chi connectivity index (χ1n) is 8.20. The van der Waals surface area contributed by atoms with Crippen LogP contribution in [0.5, 0.6) is 0 Å². The van der Waals surface area contributed by atoms with Crippen molar-refractivity contribution >= 4 is 5.91 Å². The number of hydrogen-bond acceptors (Lipinski definition) is 3. The first kappa shape index (κ1) is 15.8. The zero-order valence-electron chi connectivity index (χ0n) is 13.6. The molecule has 20 heavy (non-hydrogen) atoms. The van der Waals surface area contributed by atoms with Crippen molar-refractivity contribution in [2.75, 3.05) is 33.2 Å². The Bertz CT molecular complexity index is 332. The summed E-state index contributed by atoms with van der Waals surface area (Å²) < 4.78 is 0. The first-order valence-corrected chi connectivity index (χ1v) is 8.20. The molecule has 0 aromatic heterocycles. The lowest BCUT2D eigenvalue weighted by Gasteiger charge is -2.27. The summed E-state index contributed by atoms with van der Waals surface area (Å²) in [5.41, 5.74) is 0. The number of carbonyl (C=O) groups is 1. The van der Waals surface area contributed by atoms with Crippen molar-refractivity contribution in [1.29, 1.82) is 0 Å². The van der Waals surface area contributed by atoms with Gasteiger partial charge in [0.05, 0.1) is 0 Å². The van der Waals surface area contributed by atoms with Gasteiger partial charge in [-0.1, -0.05) is 13.8 Å². The van der Waals surface area contributed by atoms with Gasteiger partial charge in [0, 0.05) is 44.7 Å². The molecule has 3 atom stereocenters. The third kappa shape index (κ3) is 3.73. The Labute approximate surface area is 123 Å². The van der Waals surface area contributed by atoms with Crippen LogP contribution in [0.3, 0.4) is 0 Å². The van der Waals surface area contributed by atoms with Gasteiger partial charge in [0.15, 0.2) is 0 Å². The van der Waals surface area contributed by atoms with E-state index in [1.165, 1.54) is 13.0 Å². The number of rotatable bonds is 6. The Morgan fingerprint density at radius 2 is 2.05 bits per heavy atom. The van der Waals surface area contributed by atoms with Crippen molar-refractivity contribution in [2.45, 2.75) is 52.1 Å². The maximum absolute atomic E-state index is 12.0. The molecule has 2 aliphatic heterocycles. The average molecular weight is 281 g/mol. The minimum Gasteiger partial charge on any atom is -0.342 e. The Morgan fingerprint density at radius 1 is 1.30 bits per heavy atom. The van der Waals surface area contributed by atoms with Crippen molar-refractivity contribution in [3.63, 3.8) is 0 Å². The fraction of sp³-hybridized carbons (Fsp3) is 0.938. The zero-order valence-corrected chi connectivity index (χ0v) is 13.6. The molecule has 0 bridgehead atoms. The minimum atomic E-state index is 0.366. The molecule has 116 valence electrons. The molecule has 2 heterocycles. The maximum Gasteiger partial charge on any atom is 0.222 e. The number of carbonyl (C=O) groups excluding carboxylic acids is 1. The molecule has 0 radical (unpaired) electrons. The fourth-order valence-electron chi connectivity index (χ4n) is 3.41. The highest BCUT2D eigenvalue weighted by Crippen LogP contribution is 2.25. The monoisotopic (exact) mass is 281 g/mol. The summed E-state index contributed by atoms with van der Waals surface area (Å²) >= 11 is 0. The standard InChI is InChI=1S/C16H31N3O/c1-12(2)14-9-16(20)19(10-14)7-5-13(3)18-8-6-15(11-18)17-4/h12-15,17H,5-11H2,1-4H3/t13?,14?,15-/m0/s1. The molecule has 2 fully saturated rings. The summed E-state index contributed by atoms with van der Waals surface area (Å²) in [5.74, 6) is 1.56. The second kappa shape index (κ2) is 6.90. The van der Waals surface area contributed by atoms with Crippen molar-refractivity contribution < 1.29 is 4.79 Å². The molecule has 0 spiro atoms. The van der Waals surface area contributed by atoms with Gasteiger partial charge < -0.3 is 10.2 Å². The van der Waals surface area contributed by atoms with Crippen LogP contribution < -0.4 is 5.32 Å². The molecule has 2 aliphatic rings. The van der Waals surface area contributed by atoms with E-state index in [1.54, 1.807) is 0 Å². The molecule has 1 amide bonds. The molecule has 0 aromatic carbocycles. The van der Waals surface area contributed by atoms with Gasteiger partial charge >= 0.3 is 0 Å². The van der Waals surface area contributed by atoms with Crippen molar-refractivity contribution in [3.05, 3.63) is 0 Å². The Hall–Kier alpha value is -0.610. The molecule has 2 rings (SSSR count). The lowest BCUT2D eigenvalue weighted by molar-refractivity contribution is -0.127. The SMILES string of the molecule is CN[C@H]1CCN(C(C)CCN2CC(C(C)C)CC2=O)C1. The minimum absolute atomic E-state index is 0.366. The van der Waals surface area contributed by atoms with Gasteiger partial charge in [-0.05, 0) is 38.6 Å². The van der Waals surface area contributed by atoms with Gasteiger partial charge in [0.1, 0.15) is 0 Å². The largest absolute Gasteiger partial charge is 0.342 e. The second-order valence-corrected chi connectivity index (χ2v) is 6.95. The summed E-state index contributed by atoms with van der Waals surface area (Å²) in [4.78, 5) is 16.7. The van der Waals surface area contributed by atoms with Crippen LogP contribution in [-0.2, 0) is 4.79 Å². The van der Waals surface area contributed by atoms with Gasteiger partial charge in [-0.2, -0.15) is 0 Å². The smallest absolute Gasteiger partial charge is 0.222 e. The predicted octanol–water partition coefficient (Wildman–Crippen LogP) is 1.56. The third-order valence-electron chi connectivity index (χ3n) is 5.26. The topological polar surface area (TPSA) is 35.6 Å². The third-order valence-corrected chi connectivity index (χ3v) is 5.26. The molecule has 2 saturated heterocycles. The highest BCUT2D eigenvalue weighted by atomic mass is 16.2. The number of amides is 1. The lowest BCUT2D eigenvalue weighted by Crippen LogP contribution is -2.37. The molecule has 4 heteroatoms.